The number of nitrogen functional groups attached to an aromatic ring is 1. The minimum atomic E-state index is -0.574. The number of nitrogens with two attached hydrogens (primary N) is 1. The van der Waals surface area contributed by atoms with E-state index in [0.29, 0.717) is 11.4 Å². The standard InChI is InChI=1S/C12H9ClN2O3/c13-10-2-1-3-11(12(10)15(16)17)18-9-6-4-8(14)5-7-9/h1-7H,14H2. The SMILES string of the molecule is Nc1ccc(Oc2cccc(Cl)c2[N+](=O)[O-])cc1. The molecule has 92 valence electrons. The smallest absolute Gasteiger partial charge is 0.329 e. The lowest BCUT2D eigenvalue weighted by Crippen LogP contribution is -1.94. The van der Waals surface area contributed by atoms with Crippen LogP contribution in [0.3, 0.4) is 0 Å². The van der Waals surface area contributed by atoms with Gasteiger partial charge < -0.3 is 10.5 Å². The summed E-state index contributed by atoms with van der Waals surface area (Å²) in [4.78, 5) is 10.3. The van der Waals surface area contributed by atoms with Gasteiger partial charge in [0.2, 0.25) is 5.75 Å². The Morgan fingerprint density at radius 2 is 1.83 bits per heavy atom. The molecule has 18 heavy (non-hydrogen) atoms. The fourth-order valence-electron chi connectivity index (χ4n) is 1.42. The van der Waals surface area contributed by atoms with Crippen molar-refractivity contribution < 1.29 is 9.66 Å². The zero-order valence-corrected chi connectivity index (χ0v) is 9.92. The molecule has 0 aromatic heterocycles. The molecule has 0 aliphatic carbocycles. The van der Waals surface area contributed by atoms with Gasteiger partial charge in [0.25, 0.3) is 0 Å². The van der Waals surface area contributed by atoms with Gasteiger partial charge in [-0.15, -0.1) is 0 Å². The van der Waals surface area contributed by atoms with Crippen LogP contribution in [-0.4, -0.2) is 4.92 Å². The zero-order chi connectivity index (χ0) is 13.1. The maximum absolute atomic E-state index is 10.9. The minimum Gasteiger partial charge on any atom is -0.450 e. The maximum Gasteiger partial charge on any atom is 0.329 e. The largest absolute Gasteiger partial charge is 0.450 e. The molecule has 2 aromatic carbocycles. The van der Waals surface area contributed by atoms with Crippen molar-refractivity contribution in [1.29, 1.82) is 0 Å². The summed E-state index contributed by atoms with van der Waals surface area (Å²) in [6.07, 6.45) is 0. The van der Waals surface area contributed by atoms with Crippen molar-refractivity contribution in [2.75, 3.05) is 5.73 Å². The molecule has 2 N–H and O–H groups in total. The van der Waals surface area contributed by atoms with Gasteiger partial charge in [0.1, 0.15) is 10.8 Å². The molecule has 0 spiro atoms. The van der Waals surface area contributed by atoms with Crippen molar-refractivity contribution in [1.82, 2.24) is 0 Å². The second kappa shape index (κ2) is 4.93. The number of nitrogens with zero attached hydrogens (tertiary/aromatic N) is 1. The van der Waals surface area contributed by atoms with E-state index in [0.717, 1.165) is 0 Å². The molecule has 0 aliphatic heterocycles. The third-order valence-electron chi connectivity index (χ3n) is 2.24. The van der Waals surface area contributed by atoms with Crippen LogP contribution < -0.4 is 10.5 Å². The topological polar surface area (TPSA) is 78.4 Å². The third kappa shape index (κ3) is 2.52. The monoisotopic (exact) mass is 264 g/mol. The summed E-state index contributed by atoms with van der Waals surface area (Å²) in [6.45, 7) is 0. The first-order chi connectivity index (χ1) is 8.58. The lowest BCUT2D eigenvalue weighted by atomic mass is 10.3. The fourth-order valence-corrected chi connectivity index (χ4v) is 1.65. The van der Waals surface area contributed by atoms with Gasteiger partial charge in [-0.05, 0) is 36.4 Å². The summed E-state index contributed by atoms with van der Waals surface area (Å²) >= 11 is 5.77. The summed E-state index contributed by atoms with van der Waals surface area (Å²) in [5, 5.41) is 10.9. The van der Waals surface area contributed by atoms with Crippen LogP contribution in [0.2, 0.25) is 5.02 Å². The number of hydrogen-bond acceptors (Lipinski definition) is 4. The molecule has 0 unspecified atom stereocenters. The highest BCUT2D eigenvalue weighted by molar-refractivity contribution is 6.32. The zero-order valence-electron chi connectivity index (χ0n) is 9.17. The highest BCUT2D eigenvalue weighted by atomic mass is 35.5. The van der Waals surface area contributed by atoms with Crippen LogP contribution in [0.4, 0.5) is 11.4 Å². The van der Waals surface area contributed by atoms with Gasteiger partial charge in [0, 0.05) is 5.69 Å². The number of anilines is 1. The Kier molecular flexibility index (Phi) is 3.34. The summed E-state index contributed by atoms with van der Waals surface area (Å²) < 4.78 is 5.42. The Bertz CT molecular complexity index is 584. The Labute approximate surface area is 108 Å². The molecule has 5 nitrogen and oxygen atoms in total. The number of nitro benzene ring substituents is 1. The van der Waals surface area contributed by atoms with Gasteiger partial charge in [-0.1, -0.05) is 17.7 Å². The van der Waals surface area contributed by atoms with Crippen LogP contribution in [0.5, 0.6) is 11.5 Å². The van der Waals surface area contributed by atoms with E-state index in [1.165, 1.54) is 12.1 Å². The van der Waals surface area contributed by atoms with Crippen LogP contribution in [0.1, 0.15) is 0 Å². The van der Waals surface area contributed by atoms with Crippen LogP contribution in [0, 0.1) is 10.1 Å². The first-order valence-electron chi connectivity index (χ1n) is 5.04. The molecule has 0 fully saturated rings. The van der Waals surface area contributed by atoms with Gasteiger partial charge in [-0.25, -0.2) is 0 Å². The second-order valence-electron chi connectivity index (χ2n) is 3.51. The first kappa shape index (κ1) is 12.2. The molecule has 0 saturated heterocycles. The van der Waals surface area contributed by atoms with E-state index in [2.05, 4.69) is 0 Å². The third-order valence-corrected chi connectivity index (χ3v) is 2.55. The van der Waals surface area contributed by atoms with Crippen LogP contribution in [-0.2, 0) is 0 Å². The molecule has 0 heterocycles. The van der Waals surface area contributed by atoms with Crippen LogP contribution in [0.25, 0.3) is 0 Å². The molecule has 2 rings (SSSR count). The number of benzene rings is 2. The summed E-state index contributed by atoms with van der Waals surface area (Å²) in [5.74, 6) is 0.548. The average molecular weight is 265 g/mol. The molecule has 0 radical (unpaired) electrons. The van der Waals surface area contributed by atoms with Crippen molar-refractivity contribution in [3.8, 4) is 11.5 Å². The van der Waals surface area contributed by atoms with E-state index in [1.54, 1.807) is 30.3 Å². The van der Waals surface area contributed by atoms with E-state index in [4.69, 9.17) is 22.1 Å². The molecular weight excluding hydrogens is 256 g/mol. The predicted molar refractivity (Wildman–Crippen MR) is 69.0 cm³/mol. The van der Waals surface area contributed by atoms with Crippen molar-refractivity contribution in [3.05, 3.63) is 57.6 Å². The number of ether oxygens (including phenoxy) is 1. The number of para-hydroxylation sites is 1. The highest BCUT2D eigenvalue weighted by Crippen LogP contribution is 2.36. The first-order valence-corrected chi connectivity index (χ1v) is 5.42. The van der Waals surface area contributed by atoms with Gasteiger partial charge in [0.05, 0.1) is 4.92 Å². The molecule has 0 bridgehead atoms. The Morgan fingerprint density at radius 1 is 1.17 bits per heavy atom. The fraction of sp³-hybridized carbons (Fsp3) is 0. The minimum absolute atomic E-state index is 0.0351. The van der Waals surface area contributed by atoms with Crippen molar-refractivity contribution in [3.63, 3.8) is 0 Å². The van der Waals surface area contributed by atoms with Gasteiger partial charge in [0.15, 0.2) is 0 Å². The lowest BCUT2D eigenvalue weighted by molar-refractivity contribution is -0.385. The molecule has 2 aromatic rings. The molecule has 0 saturated carbocycles. The number of nitro groups is 1. The molecule has 0 aliphatic rings. The van der Waals surface area contributed by atoms with Gasteiger partial charge in [-0.2, -0.15) is 0 Å². The van der Waals surface area contributed by atoms with Crippen molar-refractivity contribution >= 4 is 23.0 Å². The van der Waals surface area contributed by atoms with E-state index >= 15 is 0 Å². The highest BCUT2D eigenvalue weighted by Gasteiger charge is 2.20. The van der Waals surface area contributed by atoms with Gasteiger partial charge >= 0.3 is 5.69 Å². The summed E-state index contributed by atoms with van der Waals surface area (Å²) in [7, 11) is 0. The maximum atomic E-state index is 10.9. The summed E-state index contributed by atoms with van der Waals surface area (Å²) in [5.41, 5.74) is 5.87. The van der Waals surface area contributed by atoms with E-state index < -0.39 is 4.92 Å². The Morgan fingerprint density at radius 3 is 2.44 bits per heavy atom. The van der Waals surface area contributed by atoms with Crippen LogP contribution in [0.15, 0.2) is 42.5 Å². The predicted octanol–water partition coefficient (Wildman–Crippen LogP) is 3.62. The second-order valence-corrected chi connectivity index (χ2v) is 3.92. The number of hydrogen-bond donors (Lipinski definition) is 1. The Balaban J connectivity index is 2.37. The van der Waals surface area contributed by atoms with Gasteiger partial charge in [-0.3, -0.25) is 10.1 Å². The van der Waals surface area contributed by atoms with Crippen molar-refractivity contribution in [2.45, 2.75) is 0 Å². The average Bonchev–Trinajstić information content (AvgIpc) is 2.32. The molecule has 0 amide bonds. The van der Waals surface area contributed by atoms with Crippen molar-refractivity contribution in [2.24, 2.45) is 0 Å². The lowest BCUT2D eigenvalue weighted by Gasteiger charge is -2.07. The molecule has 0 atom stereocenters. The van der Waals surface area contributed by atoms with E-state index in [9.17, 15) is 10.1 Å². The quantitative estimate of drug-likeness (QED) is 0.522. The normalized spacial score (nSPS) is 10.1. The van der Waals surface area contributed by atoms with E-state index in [-0.39, 0.29) is 16.5 Å². The Hall–Kier alpha value is -2.27. The van der Waals surface area contributed by atoms with Crippen LogP contribution >= 0.6 is 11.6 Å². The number of rotatable bonds is 3. The molecule has 6 heteroatoms. The van der Waals surface area contributed by atoms with E-state index in [1.807, 2.05) is 0 Å². The summed E-state index contributed by atoms with van der Waals surface area (Å²) in [6, 6.07) is 11.1. The molecular formula is C12H9ClN2O3. The number of halogens is 1.